The molecule has 0 amide bonds. The molecule has 0 saturated heterocycles. The Kier molecular flexibility index (Phi) is 3.99. The second-order valence-electron chi connectivity index (χ2n) is 3.74. The van der Waals surface area contributed by atoms with Crippen LogP contribution < -0.4 is 0 Å². The van der Waals surface area contributed by atoms with Gasteiger partial charge in [-0.1, -0.05) is 23.2 Å². The third-order valence-electron chi connectivity index (χ3n) is 2.37. The molecule has 0 spiro atoms. The Morgan fingerprint density at radius 2 is 1.89 bits per heavy atom. The van der Waals surface area contributed by atoms with E-state index in [2.05, 4.69) is 0 Å². The number of carbonyl (C=O) groups excluding carboxylic acids is 1. The van der Waals surface area contributed by atoms with Crippen LogP contribution in [0.1, 0.15) is 10.6 Å². The third kappa shape index (κ3) is 3.18. The summed E-state index contributed by atoms with van der Waals surface area (Å²) >= 11 is 11.5. The van der Waals surface area contributed by atoms with Crippen molar-refractivity contribution in [2.45, 2.75) is 4.90 Å². The summed E-state index contributed by atoms with van der Waals surface area (Å²) < 4.78 is 28.9. The Balaban J connectivity index is 2.28. The van der Waals surface area contributed by atoms with Crippen molar-refractivity contribution in [2.75, 3.05) is 5.75 Å². The number of carbonyl (C=O) groups is 1. The molecule has 2 aromatic rings. The van der Waals surface area contributed by atoms with Gasteiger partial charge in [0.05, 0.1) is 21.2 Å². The molecule has 0 aliphatic rings. The molecule has 7 heteroatoms. The summed E-state index contributed by atoms with van der Waals surface area (Å²) in [5.41, 5.74) is 0. The molecule has 0 N–H and O–H groups in total. The maximum atomic E-state index is 12.0. The smallest absolute Gasteiger partial charge is 0.213 e. The van der Waals surface area contributed by atoms with Crippen LogP contribution >= 0.6 is 23.2 Å². The number of hydrogen-bond acceptors (Lipinski definition) is 4. The van der Waals surface area contributed by atoms with Crippen molar-refractivity contribution in [2.24, 2.45) is 0 Å². The molecule has 4 nitrogen and oxygen atoms in total. The quantitative estimate of drug-likeness (QED) is 0.812. The van der Waals surface area contributed by atoms with Gasteiger partial charge in [0.1, 0.15) is 5.75 Å². The average molecular weight is 319 g/mol. The minimum atomic E-state index is -3.78. The first-order valence-electron chi connectivity index (χ1n) is 5.14. The van der Waals surface area contributed by atoms with Gasteiger partial charge in [0.2, 0.25) is 5.78 Å². The molecule has 0 atom stereocenters. The maximum Gasteiger partial charge on any atom is 0.213 e. The molecule has 0 fully saturated rings. The molecule has 0 unspecified atom stereocenters. The molecule has 0 aliphatic carbocycles. The summed E-state index contributed by atoms with van der Waals surface area (Å²) in [6.45, 7) is 0. The summed E-state index contributed by atoms with van der Waals surface area (Å²) in [6.07, 6.45) is 1.30. The maximum absolute atomic E-state index is 12.0. The van der Waals surface area contributed by atoms with E-state index in [9.17, 15) is 13.2 Å². The monoisotopic (exact) mass is 318 g/mol. The summed E-state index contributed by atoms with van der Waals surface area (Å²) in [7, 11) is -3.78. The lowest BCUT2D eigenvalue weighted by molar-refractivity contribution is 0.0990. The first-order valence-corrected chi connectivity index (χ1v) is 7.55. The summed E-state index contributed by atoms with van der Waals surface area (Å²) in [4.78, 5) is 11.7. The van der Waals surface area contributed by atoms with E-state index in [0.717, 1.165) is 0 Å². The molecule has 1 aromatic heterocycles. The van der Waals surface area contributed by atoms with Gasteiger partial charge in [0.15, 0.2) is 15.6 Å². The Morgan fingerprint density at radius 1 is 1.16 bits per heavy atom. The lowest BCUT2D eigenvalue weighted by Gasteiger charge is -2.04. The van der Waals surface area contributed by atoms with Crippen LogP contribution in [0.5, 0.6) is 0 Å². The topological polar surface area (TPSA) is 64.3 Å². The highest BCUT2D eigenvalue weighted by molar-refractivity contribution is 7.92. The minimum Gasteiger partial charge on any atom is -0.461 e. The molecular weight excluding hydrogens is 311 g/mol. The van der Waals surface area contributed by atoms with Gasteiger partial charge in [0, 0.05) is 0 Å². The van der Waals surface area contributed by atoms with E-state index >= 15 is 0 Å². The van der Waals surface area contributed by atoms with Crippen LogP contribution in [0.25, 0.3) is 0 Å². The normalized spacial score (nSPS) is 11.5. The SMILES string of the molecule is O=C(CS(=O)(=O)c1ccc(Cl)c(Cl)c1)c1ccco1. The van der Waals surface area contributed by atoms with E-state index in [1.54, 1.807) is 0 Å². The zero-order valence-corrected chi connectivity index (χ0v) is 11.8. The summed E-state index contributed by atoms with van der Waals surface area (Å²) in [5, 5.41) is 0.367. The van der Waals surface area contributed by atoms with E-state index in [1.165, 1.54) is 36.6 Å². The molecule has 2 rings (SSSR count). The van der Waals surface area contributed by atoms with Crippen molar-refractivity contribution < 1.29 is 17.6 Å². The first kappa shape index (κ1) is 14.1. The molecule has 1 aromatic carbocycles. The largest absolute Gasteiger partial charge is 0.461 e. The molecule has 19 heavy (non-hydrogen) atoms. The Morgan fingerprint density at radius 3 is 2.47 bits per heavy atom. The van der Waals surface area contributed by atoms with Crippen molar-refractivity contribution >= 4 is 38.8 Å². The summed E-state index contributed by atoms with van der Waals surface area (Å²) in [6, 6.07) is 6.81. The zero-order valence-electron chi connectivity index (χ0n) is 9.47. The van der Waals surface area contributed by atoms with Crippen molar-refractivity contribution in [3.8, 4) is 0 Å². The van der Waals surface area contributed by atoms with Gasteiger partial charge in [-0.25, -0.2) is 8.42 Å². The second-order valence-corrected chi connectivity index (χ2v) is 6.54. The van der Waals surface area contributed by atoms with Gasteiger partial charge in [0.25, 0.3) is 0 Å². The number of sulfone groups is 1. The highest BCUT2D eigenvalue weighted by Gasteiger charge is 2.22. The number of furan rings is 1. The van der Waals surface area contributed by atoms with Crippen LogP contribution in [0.3, 0.4) is 0 Å². The van der Waals surface area contributed by atoms with E-state index in [1.807, 2.05) is 0 Å². The predicted molar refractivity (Wildman–Crippen MR) is 71.6 cm³/mol. The van der Waals surface area contributed by atoms with E-state index in [-0.39, 0.29) is 20.7 Å². The average Bonchev–Trinajstić information content (AvgIpc) is 2.85. The number of rotatable bonds is 4. The third-order valence-corrected chi connectivity index (χ3v) is 4.72. The van der Waals surface area contributed by atoms with E-state index in [4.69, 9.17) is 27.6 Å². The van der Waals surface area contributed by atoms with Gasteiger partial charge in [-0.2, -0.15) is 0 Å². The van der Waals surface area contributed by atoms with E-state index < -0.39 is 21.4 Å². The number of halogens is 2. The van der Waals surface area contributed by atoms with Crippen LogP contribution in [0, 0.1) is 0 Å². The standard InChI is InChI=1S/C12H8Cl2O4S/c13-9-4-3-8(6-10(9)14)19(16,17)7-11(15)12-2-1-5-18-12/h1-6H,7H2. The lowest BCUT2D eigenvalue weighted by Crippen LogP contribution is -2.16. The predicted octanol–water partition coefficient (Wildman–Crippen LogP) is 3.24. The van der Waals surface area contributed by atoms with Crippen molar-refractivity contribution in [1.82, 2.24) is 0 Å². The van der Waals surface area contributed by atoms with Crippen molar-refractivity contribution in [3.63, 3.8) is 0 Å². The van der Waals surface area contributed by atoms with Crippen LogP contribution in [-0.2, 0) is 9.84 Å². The molecular formula is C12H8Cl2O4S. The van der Waals surface area contributed by atoms with Gasteiger partial charge in [-0.15, -0.1) is 0 Å². The zero-order chi connectivity index (χ0) is 14.0. The van der Waals surface area contributed by atoms with Gasteiger partial charge < -0.3 is 4.42 Å². The van der Waals surface area contributed by atoms with Gasteiger partial charge >= 0.3 is 0 Å². The van der Waals surface area contributed by atoms with Crippen LogP contribution in [0.2, 0.25) is 10.0 Å². The van der Waals surface area contributed by atoms with Gasteiger partial charge in [-0.05, 0) is 30.3 Å². The number of hydrogen-bond donors (Lipinski definition) is 0. The number of ketones is 1. The van der Waals surface area contributed by atoms with Crippen molar-refractivity contribution in [1.29, 1.82) is 0 Å². The fourth-order valence-corrected chi connectivity index (χ4v) is 3.02. The fourth-order valence-electron chi connectivity index (χ4n) is 1.43. The highest BCUT2D eigenvalue weighted by Crippen LogP contribution is 2.25. The molecule has 0 radical (unpaired) electrons. The second kappa shape index (κ2) is 5.36. The summed E-state index contributed by atoms with van der Waals surface area (Å²) in [5.74, 6) is -1.29. The van der Waals surface area contributed by atoms with E-state index in [0.29, 0.717) is 0 Å². The Hall–Kier alpha value is -1.30. The van der Waals surface area contributed by atoms with Crippen LogP contribution in [0.15, 0.2) is 45.9 Å². The first-order chi connectivity index (χ1) is 8.90. The number of Topliss-reactive ketones (excluding diaryl/α,β-unsaturated/α-hetero) is 1. The Bertz CT molecular complexity index is 705. The highest BCUT2D eigenvalue weighted by atomic mass is 35.5. The molecule has 0 bridgehead atoms. The van der Waals surface area contributed by atoms with Crippen molar-refractivity contribution in [3.05, 3.63) is 52.4 Å². The lowest BCUT2D eigenvalue weighted by atomic mass is 10.3. The van der Waals surface area contributed by atoms with Gasteiger partial charge in [-0.3, -0.25) is 4.79 Å². The molecule has 100 valence electrons. The minimum absolute atomic E-state index is 0.00337. The molecule has 0 saturated carbocycles. The van der Waals surface area contributed by atoms with Crippen LogP contribution in [0.4, 0.5) is 0 Å². The fraction of sp³-hybridized carbons (Fsp3) is 0.0833. The molecule has 0 aliphatic heterocycles. The number of benzene rings is 1. The Labute approximate surface area is 119 Å². The molecule has 1 heterocycles. The van der Waals surface area contributed by atoms with Crippen LogP contribution in [-0.4, -0.2) is 20.0 Å².